The van der Waals surface area contributed by atoms with Crippen molar-refractivity contribution < 1.29 is 13.9 Å². The van der Waals surface area contributed by atoms with Crippen LogP contribution in [-0.2, 0) is 4.74 Å². The van der Waals surface area contributed by atoms with E-state index in [0.29, 0.717) is 28.9 Å². The van der Waals surface area contributed by atoms with Crippen LogP contribution in [0, 0.1) is 5.82 Å². The zero-order valence-electron chi connectivity index (χ0n) is 14.0. The summed E-state index contributed by atoms with van der Waals surface area (Å²) in [6.45, 7) is 2.41. The lowest BCUT2D eigenvalue weighted by Crippen LogP contribution is -2.37. The number of carbonyl (C=O) groups excluding carboxylic acids is 1. The van der Waals surface area contributed by atoms with Crippen LogP contribution in [0.5, 0.6) is 0 Å². The summed E-state index contributed by atoms with van der Waals surface area (Å²) in [6, 6.07) is 9.40. The molecule has 7 heteroatoms. The van der Waals surface area contributed by atoms with Crippen LogP contribution in [0.1, 0.15) is 23.8 Å². The summed E-state index contributed by atoms with van der Waals surface area (Å²) in [4.78, 5) is 16.9. The number of nitrogens with one attached hydrogen (secondary N) is 2. The number of H-pyrrole nitrogens is 1. The molecule has 3 aromatic rings. The summed E-state index contributed by atoms with van der Waals surface area (Å²) in [6.07, 6.45) is 0.752. The summed E-state index contributed by atoms with van der Waals surface area (Å²) >= 11 is 0. The zero-order chi connectivity index (χ0) is 17.8. The van der Waals surface area contributed by atoms with Crippen molar-refractivity contribution in [2.24, 2.45) is 0 Å². The fourth-order valence-corrected chi connectivity index (χ4v) is 2.58. The van der Waals surface area contributed by atoms with Crippen LogP contribution in [0.2, 0.25) is 0 Å². The summed E-state index contributed by atoms with van der Waals surface area (Å²) in [5, 5.41) is 9.96. The predicted molar refractivity (Wildman–Crippen MR) is 92.7 cm³/mol. The molecule has 25 heavy (non-hydrogen) atoms. The van der Waals surface area contributed by atoms with E-state index in [1.165, 1.54) is 12.1 Å². The molecule has 0 fully saturated rings. The van der Waals surface area contributed by atoms with Gasteiger partial charge in [0.15, 0.2) is 0 Å². The first kappa shape index (κ1) is 17.0. The number of fused-ring (bicyclic) bond motifs is 1. The number of amides is 1. The Morgan fingerprint density at radius 2 is 2.20 bits per heavy atom. The Bertz CT molecular complexity index is 894. The van der Waals surface area contributed by atoms with Crippen molar-refractivity contribution in [2.45, 2.75) is 19.4 Å². The third-order valence-electron chi connectivity index (χ3n) is 3.93. The Morgan fingerprint density at radius 3 is 2.92 bits per heavy atom. The normalized spacial score (nSPS) is 12.3. The molecule has 0 aliphatic carbocycles. The highest BCUT2D eigenvalue weighted by atomic mass is 19.1. The van der Waals surface area contributed by atoms with Crippen molar-refractivity contribution >= 4 is 16.9 Å². The molecule has 0 aliphatic rings. The number of nitrogens with zero attached hydrogens (tertiary/aromatic N) is 2. The lowest BCUT2D eigenvalue weighted by Gasteiger charge is -2.15. The second-order valence-corrected chi connectivity index (χ2v) is 5.71. The largest absolute Gasteiger partial charge is 0.383 e. The first-order valence-corrected chi connectivity index (χ1v) is 8.03. The third-order valence-corrected chi connectivity index (χ3v) is 3.93. The Labute approximate surface area is 144 Å². The molecule has 0 saturated carbocycles. The van der Waals surface area contributed by atoms with Crippen LogP contribution in [0.4, 0.5) is 4.39 Å². The van der Waals surface area contributed by atoms with E-state index in [4.69, 9.17) is 4.74 Å². The van der Waals surface area contributed by atoms with Crippen LogP contribution in [0.25, 0.3) is 22.3 Å². The topological polar surface area (TPSA) is 79.9 Å². The van der Waals surface area contributed by atoms with Gasteiger partial charge in [-0.25, -0.2) is 9.37 Å². The average Bonchev–Trinajstić information content (AvgIpc) is 3.04. The van der Waals surface area contributed by atoms with Gasteiger partial charge in [0.05, 0.1) is 18.2 Å². The number of aromatic nitrogens is 3. The third kappa shape index (κ3) is 3.66. The maximum atomic E-state index is 13.5. The molecule has 0 radical (unpaired) electrons. The summed E-state index contributed by atoms with van der Waals surface area (Å²) in [7, 11) is 1.59. The van der Waals surface area contributed by atoms with E-state index in [0.717, 1.165) is 6.42 Å². The van der Waals surface area contributed by atoms with Gasteiger partial charge in [-0.2, -0.15) is 5.10 Å². The molecule has 0 spiro atoms. The van der Waals surface area contributed by atoms with Crippen LogP contribution < -0.4 is 5.32 Å². The highest BCUT2D eigenvalue weighted by Crippen LogP contribution is 2.25. The van der Waals surface area contributed by atoms with Crippen molar-refractivity contribution in [1.29, 1.82) is 0 Å². The molecule has 130 valence electrons. The van der Waals surface area contributed by atoms with Gasteiger partial charge < -0.3 is 10.1 Å². The number of hydrogen-bond donors (Lipinski definition) is 2. The standard InChI is InChI=1S/C18H19FN4O2/c1-3-13(10-25-2)20-18(24)15-8-7-14-17(21-15)16(23-22-14)11-5-4-6-12(19)9-11/h4-9,13H,3,10H2,1-2H3,(H,20,24)(H,22,23). The van der Waals surface area contributed by atoms with Gasteiger partial charge in [-0.15, -0.1) is 0 Å². The first-order chi connectivity index (χ1) is 12.1. The van der Waals surface area contributed by atoms with Crippen LogP contribution >= 0.6 is 0 Å². The van der Waals surface area contributed by atoms with E-state index in [2.05, 4.69) is 20.5 Å². The number of ether oxygens (including phenoxy) is 1. The van der Waals surface area contributed by atoms with Gasteiger partial charge in [-0.3, -0.25) is 9.89 Å². The Morgan fingerprint density at radius 1 is 1.36 bits per heavy atom. The lowest BCUT2D eigenvalue weighted by atomic mass is 10.1. The van der Waals surface area contributed by atoms with Gasteiger partial charge in [0.2, 0.25) is 0 Å². The summed E-state index contributed by atoms with van der Waals surface area (Å²) < 4.78 is 18.6. The molecule has 2 aromatic heterocycles. The van der Waals surface area contributed by atoms with E-state index in [9.17, 15) is 9.18 Å². The van der Waals surface area contributed by atoms with Crippen molar-refractivity contribution in [3.63, 3.8) is 0 Å². The van der Waals surface area contributed by atoms with Crippen molar-refractivity contribution in [1.82, 2.24) is 20.5 Å². The molecule has 3 rings (SSSR count). The van der Waals surface area contributed by atoms with Gasteiger partial charge in [0, 0.05) is 12.7 Å². The number of rotatable bonds is 6. The molecule has 1 amide bonds. The molecule has 2 N–H and O–H groups in total. The maximum Gasteiger partial charge on any atom is 0.270 e. The molecule has 0 saturated heterocycles. The van der Waals surface area contributed by atoms with Crippen LogP contribution in [0.15, 0.2) is 36.4 Å². The fraction of sp³-hybridized carbons (Fsp3) is 0.278. The van der Waals surface area contributed by atoms with E-state index in [1.807, 2.05) is 6.92 Å². The number of hydrogen-bond acceptors (Lipinski definition) is 4. The molecule has 1 unspecified atom stereocenters. The minimum atomic E-state index is -0.354. The van der Waals surface area contributed by atoms with Crippen molar-refractivity contribution in [3.05, 3.63) is 47.9 Å². The maximum absolute atomic E-state index is 13.5. The van der Waals surface area contributed by atoms with E-state index in [-0.39, 0.29) is 23.5 Å². The highest BCUT2D eigenvalue weighted by molar-refractivity contribution is 5.97. The van der Waals surface area contributed by atoms with E-state index < -0.39 is 0 Å². The molecular formula is C18H19FN4O2. The lowest BCUT2D eigenvalue weighted by molar-refractivity contribution is 0.0890. The summed E-state index contributed by atoms with van der Waals surface area (Å²) in [5.41, 5.74) is 2.59. The van der Waals surface area contributed by atoms with E-state index >= 15 is 0 Å². The quantitative estimate of drug-likeness (QED) is 0.722. The van der Waals surface area contributed by atoms with Gasteiger partial charge >= 0.3 is 0 Å². The second-order valence-electron chi connectivity index (χ2n) is 5.71. The molecule has 0 bridgehead atoms. The first-order valence-electron chi connectivity index (χ1n) is 8.03. The fourth-order valence-electron chi connectivity index (χ4n) is 2.58. The molecular weight excluding hydrogens is 323 g/mol. The Hall–Kier alpha value is -2.80. The molecule has 6 nitrogen and oxygen atoms in total. The van der Waals surface area contributed by atoms with Gasteiger partial charge in [-0.1, -0.05) is 19.1 Å². The molecule has 1 atom stereocenters. The minimum absolute atomic E-state index is 0.0814. The van der Waals surface area contributed by atoms with Gasteiger partial charge in [0.25, 0.3) is 5.91 Å². The van der Waals surface area contributed by atoms with E-state index in [1.54, 1.807) is 31.4 Å². The SMILES string of the molecule is CCC(COC)NC(=O)c1ccc2[nH]nc(-c3cccc(F)c3)c2n1. The van der Waals surface area contributed by atoms with Crippen molar-refractivity contribution in [3.8, 4) is 11.3 Å². The molecule has 0 aliphatic heterocycles. The minimum Gasteiger partial charge on any atom is -0.383 e. The average molecular weight is 342 g/mol. The Balaban J connectivity index is 1.94. The van der Waals surface area contributed by atoms with Crippen molar-refractivity contribution in [2.75, 3.05) is 13.7 Å². The zero-order valence-corrected chi connectivity index (χ0v) is 14.0. The Kier molecular flexibility index (Phi) is 5.04. The highest BCUT2D eigenvalue weighted by Gasteiger charge is 2.16. The summed E-state index contributed by atoms with van der Waals surface area (Å²) in [5.74, 6) is -0.634. The molecule has 1 aromatic carbocycles. The number of benzene rings is 1. The number of pyridine rings is 1. The van der Waals surface area contributed by atoms with Crippen LogP contribution in [-0.4, -0.2) is 40.8 Å². The van der Waals surface area contributed by atoms with Gasteiger partial charge in [0.1, 0.15) is 22.7 Å². The number of aromatic amines is 1. The number of methoxy groups -OCH3 is 1. The van der Waals surface area contributed by atoms with Crippen LogP contribution in [0.3, 0.4) is 0 Å². The second kappa shape index (κ2) is 7.40. The predicted octanol–water partition coefficient (Wildman–Crippen LogP) is 2.92. The monoisotopic (exact) mass is 342 g/mol. The smallest absolute Gasteiger partial charge is 0.270 e. The molecule has 2 heterocycles. The number of carbonyl (C=O) groups is 1. The number of halogens is 1. The van der Waals surface area contributed by atoms with Gasteiger partial charge in [-0.05, 0) is 30.7 Å².